The molecule has 3 heteroatoms. The Morgan fingerprint density at radius 2 is 2.00 bits per heavy atom. The lowest BCUT2D eigenvalue weighted by molar-refractivity contribution is 0.596. The summed E-state index contributed by atoms with van der Waals surface area (Å²) in [6, 6.07) is 8.53. The molecule has 0 amide bonds. The summed E-state index contributed by atoms with van der Waals surface area (Å²) in [7, 11) is 0. The molecule has 0 aliphatic rings. The van der Waals surface area contributed by atoms with E-state index in [1.165, 1.54) is 5.56 Å². The first-order chi connectivity index (χ1) is 6.72. The van der Waals surface area contributed by atoms with Crippen LogP contribution >= 0.6 is 23.4 Å². The molecule has 0 spiro atoms. The van der Waals surface area contributed by atoms with Crippen molar-refractivity contribution in [2.45, 2.75) is 19.5 Å². The Balaban J connectivity index is 2.34. The summed E-state index contributed by atoms with van der Waals surface area (Å²) in [4.78, 5) is 0. The smallest absolute Gasteiger partial charge is 0.0406 e. The molecule has 0 aliphatic heterocycles. The predicted molar refractivity (Wildman–Crippen MR) is 66.1 cm³/mol. The number of hydrogen-bond donors (Lipinski definition) is 1. The van der Waals surface area contributed by atoms with Gasteiger partial charge in [-0.15, -0.1) is 0 Å². The minimum atomic E-state index is 0.556. The van der Waals surface area contributed by atoms with Gasteiger partial charge in [0.05, 0.1) is 0 Å². The van der Waals surface area contributed by atoms with Crippen molar-refractivity contribution in [1.82, 2.24) is 5.32 Å². The van der Waals surface area contributed by atoms with Gasteiger partial charge in [0.1, 0.15) is 0 Å². The third kappa shape index (κ3) is 4.36. The molecule has 1 aromatic rings. The lowest BCUT2D eigenvalue weighted by Gasteiger charge is -2.12. The van der Waals surface area contributed by atoms with E-state index in [4.69, 9.17) is 11.6 Å². The lowest BCUT2D eigenvalue weighted by atomic mass is 10.2. The summed E-state index contributed by atoms with van der Waals surface area (Å²) in [6.45, 7) is 3.12. The molecule has 1 aromatic carbocycles. The van der Waals surface area contributed by atoms with Gasteiger partial charge in [-0.2, -0.15) is 11.8 Å². The van der Waals surface area contributed by atoms with Gasteiger partial charge in [-0.3, -0.25) is 0 Å². The van der Waals surface area contributed by atoms with Gasteiger partial charge in [0.25, 0.3) is 0 Å². The molecule has 1 N–H and O–H groups in total. The second-order valence-electron chi connectivity index (χ2n) is 3.36. The highest BCUT2D eigenvalue weighted by Gasteiger charge is 1.99. The second kappa shape index (κ2) is 6.33. The topological polar surface area (TPSA) is 12.0 Å². The molecular weight excluding hydrogens is 214 g/mol. The van der Waals surface area contributed by atoms with Gasteiger partial charge >= 0.3 is 0 Å². The van der Waals surface area contributed by atoms with E-state index < -0.39 is 0 Å². The summed E-state index contributed by atoms with van der Waals surface area (Å²) >= 11 is 7.66. The molecule has 0 aromatic heterocycles. The molecule has 1 rings (SSSR count). The van der Waals surface area contributed by atoms with Crippen LogP contribution in [0.5, 0.6) is 0 Å². The first-order valence-corrected chi connectivity index (χ1v) is 6.46. The SMILES string of the molecule is CSCC(C)NCc1ccc(Cl)cc1. The molecule has 14 heavy (non-hydrogen) atoms. The Hall–Kier alpha value is -0.180. The van der Waals surface area contributed by atoms with E-state index in [1.54, 1.807) is 0 Å². The molecule has 1 unspecified atom stereocenters. The van der Waals surface area contributed by atoms with E-state index in [2.05, 4.69) is 30.6 Å². The van der Waals surface area contributed by atoms with Crippen LogP contribution in [0.3, 0.4) is 0 Å². The van der Waals surface area contributed by atoms with Crippen molar-refractivity contribution in [2.75, 3.05) is 12.0 Å². The van der Waals surface area contributed by atoms with Crippen molar-refractivity contribution >= 4 is 23.4 Å². The van der Waals surface area contributed by atoms with E-state index in [-0.39, 0.29) is 0 Å². The van der Waals surface area contributed by atoms with Crippen LogP contribution in [0, 0.1) is 0 Å². The van der Waals surface area contributed by atoms with Crippen molar-refractivity contribution < 1.29 is 0 Å². The average Bonchev–Trinajstić information content (AvgIpc) is 2.17. The summed E-state index contributed by atoms with van der Waals surface area (Å²) in [6.07, 6.45) is 2.13. The summed E-state index contributed by atoms with van der Waals surface area (Å²) < 4.78 is 0. The Labute approximate surface area is 95.2 Å². The number of nitrogens with one attached hydrogen (secondary N) is 1. The summed E-state index contributed by atoms with van der Waals surface area (Å²) in [5.41, 5.74) is 1.28. The Kier molecular flexibility index (Phi) is 5.38. The third-order valence-corrected chi connectivity index (χ3v) is 3.07. The van der Waals surface area contributed by atoms with Crippen molar-refractivity contribution in [3.8, 4) is 0 Å². The van der Waals surface area contributed by atoms with Crippen LogP contribution in [0.1, 0.15) is 12.5 Å². The first kappa shape index (κ1) is 11.9. The van der Waals surface area contributed by atoms with E-state index in [0.29, 0.717) is 6.04 Å². The van der Waals surface area contributed by atoms with Crippen LogP contribution in [0.15, 0.2) is 24.3 Å². The zero-order valence-corrected chi connectivity index (χ0v) is 10.2. The van der Waals surface area contributed by atoms with Crippen molar-refractivity contribution in [3.63, 3.8) is 0 Å². The largest absolute Gasteiger partial charge is 0.309 e. The number of hydrogen-bond acceptors (Lipinski definition) is 2. The van der Waals surface area contributed by atoms with Crippen molar-refractivity contribution in [1.29, 1.82) is 0 Å². The van der Waals surface area contributed by atoms with Gasteiger partial charge in [0.2, 0.25) is 0 Å². The molecule has 0 heterocycles. The number of benzene rings is 1. The highest BCUT2D eigenvalue weighted by atomic mass is 35.5. The monoisotopic (exact) mass is 229 g/mol. The van der Waals surface area contributed by atoms with E-state index in [1.807, 2.05) is 23.9 Å². The summed E-state index contributed by atoms with van der Waals surface area (Å²) in [5, 5.41) is 4.25. The fourth-order valence-electron chi connectivity index (χ4n) is 1.20. The molecule has 1 atom stereocenters. The van der Waals surface area contributed by atoms with Crippen molar-refractivity contribution in [3.05, 3.63) is 34.9 Å². The predicted octanol–water partition coefficient (Wildman–Crippen LogP) is 3.18. The van der Waals surface area contributed by atoms with E-state index >= 15 is 0 Å². The van der Waals surface area contributed by atoms with Gasteiger partial charge in [-0.25, -0.2) is 0 Å². The van der Waals surface area contributed by atoms with Gasteiger partial charge < -0.3 is 5.32 Å². The standard InChI is InChI=1S/C11H16ClNS/c1-9(8-14-2)13-7-10-3-5-11(12)6-4-10/h3-6,9,13H,7-8H2,1-2H3. The molecule has 0 aliphatic carbocycles. The first-order valence-electron chi connectivity index (χ1n) is 4.69. The van der Waals surface area contributed by atoms with Crippen LogP contribution < -0.4 is 5.32 Å². The molecule has 0 saturated heterocycles. The van der Waals surface area contributed by atoms with Crippen LogP contribution in [0.2, 0.25) is 5.02 Å². The highest BCUT2D eigenvalue weighted by molar-refractivity contribution is 7.98. The molecule has 78 valence electrons. The van der Waals surface area contributed by atoms with Gasteiger partial charge in [-0.05, 0) is 30.9 Å². The molecular formula is C11H16ClNS. The molecule has 0 bridgehead atoms. The minimum absolute atomic E-state index is 0.556. The minimum Gasteiger partial charge on any atom is -0.309 e. The maximum Gasteiger partial charge on any atom is 0.0406 e. The van der Waals surface area contributed by atoms with E-state index in [9.17, 15) is 0 Å². The van der Waals surface area contributed by atoms with E-state index in [0.717, 1.165) is 17.3 Å². The number of halogens is 1. The van der Waals surface area contributed by atoms with Crippen LogP contribution in [-0.4, -0.2) is 18.1 Å². The molecule has 0 fully saturated rings. The fraction of sp³-hybridized carbons (Fsp3) is 0.455. The lowest BCUT2D eigenvalue weighted by Crippen LogP contribution is -2.27. The highest BCUT2D eigenvalue weighted by Crippen LogP contribution is 2.09. The fourth-order valence-corrected chi connectivity index (χ4v) is 1.95. The zero-order chi connectivity index (χ0) is 10.4. The Morgan fingerprint density at radius 1 is 1.36 bits per heavy atom. The van der Waals surface area contributed by atoms with Crippen molar-refractivity contribution in [2.24, 2.45) is 0 Å². The van der Waals surface area contributed by atoms with Gasteiger partial charge in [0.15, 0.2) is 0 Å². The molecule has 0 radical (unpaired) electrons. The normalized spacial score (nSPS) is 12.8. The van der Waals surface area contributed by atoms with Crippen LogP contribution in [0.25, 0.3) is 0 Å². The quantitative estimate of drug-likeness (QED) is 0.833. The maximum absolute atomic E-state index is 5.80. The molecule has 0 saturated carbocycles. The third-order valence-electron chi connectivity index (χ3n) is 1.98. The number of thioether (sulfide) groups is 1. The second-order valence-corrected chi connectivity index (χ2v) is 4.71. The zero-order valence-electron chi connectivity index (χ0n) is 8.59. The molecule has 1 nitrogen and oxygen atoms in total. The van der Waals surface area contributed by atoms with Gasteiger partial charge in [-0.1, -0.05) is 23.7 Å². The summed E-state index contributed by atoms with van der Waals surface area (Å²) in [5.74, 6) is 1.15. The average molecular weight is 230 g/mol. The maximum atomic E-state index is 5.80. The Morgan fingerprint density at radius 3 is 2.57 bits per heavy atom. The van der Waals surface area contributed by atoms with Crippen LogP contribution in [-0.2, 0) is 6.54 Å². The van der Waals surface area contributed by atoms with Gasteiger partial charge in [0, 0.05) is 23.4 Å². The number of rotatable bonds is 5. The van der Waals surface area contributed by atoms with Crippen LogP contribution in [0.4, 0.5) is 0 Å². The Bertz CT molecular complexity index is 260.